The van der Waals surface area contributed by atoms with Gasteiger partial charge in [-0.05, 0) is 32.9 Å². The first kappa shape index (κ1) is 14.8. The van der Waals surface area contributed by atoms with E-state index in [1.54, 1.807) is 19.1 Å². The normalized spacial score (nSPS) is 16.1. The second-order valence-corrected chi connectivity index (χ2v) is 4.65. The molecule has 0 unspecified atom stereocenters. The second kappa shape index (κ2) is 6.25. The molecule has 0 saturated heterocycles. The van der Waals surface area contributed by atoms with Crippen molar-refractivity contribution in [1.82, 2.24) is 10.4 Å². The van der Waals surface area contributed by atoms with E-state index >= 15 is 0 Å². The van der Waals surface area contributed by atoms with E-state index in [9.17, 15) is 9.59 Å². The number of H-pyrrole nitrogens is 1. The Morgan fingerprint density at radius 1 is 1.48 bits per heavy atom. The Kier molecular flexibility index (Phi) is 4.42. The quantitative estimate of drug-likeness (QED) is 0.648. The summed E-state index contributed by atoms with van der Waals surface area (Å²) in [6.45, 7) is 5.73. The van der Waals surface area contributed by atoms with Gasteiger partial charge >= 0.3 is 5.97 Å². The van der Waals surface area contributed by atoms with Gasteiger partial charge in [0.2, 0.25) is 5.90 Å². The van der Waals surface area contributed by atoms with Gasteiger partial charge in [0.1, 0.15) is 5.57 Å². The van der Waals surface area contributed by atoms with E-state index in [1.165, 1.54) is 6.20 Å². The summed E-state index contributed by atoms with van der Waals surface area (Å²) < 4.78 is 10.4. The molecule has 7 heteroatoms. The zero-order valence-corrected chi connectivity index (χ0v) is 12.1. The number of nitrogens with zero attached hydrogens (tertiary/aromatic N) is 1. The van der Waals surface area contributed by atoms with Gasteiger partial charge in [-0.1, -0.05) is 0 Å². The standard InChI is InChI=1S/C14H17N3O4/c1-4-20-14(19)9-5-10(15-7-9)6-11-12(18)16-17-13(11)21-8(2)3/h5-8,15H,4H2,1-3H3,(H,16,18)/b11-6-. The number of hydrogen-bond donors (Lipinski definition) is 2. The highest BCUT2D eigenvalue weighted by Gasteiger charge is 2.25. The van der Waals surface area contributed by atoms with Crippen LogP contribution in [0, 0.1) is 0 Å². The molecule has 1 aromatic heterocycles. The van der Waals surface area contributed by atoms with Crippen molar-refractivity contribution in [3.63, 3.8) is 0 Å². The van der Waals surface area contributed by atoms with Gasteiger partial charge in [-0.25, -0.2) is 10.2 Å². The van der Waals surface area contributed by atoms with Crippen LogP contribution in [-0.2, 0) is 14.3 Å². The summed E-state index contributed by atoms with van der Waals surface area (Å²) in [6, 6.07) is 1.60. The van der Waals surface area contributed by atoms with E-state index in [4.69, 9.17) is 9.47 Å². The average molecular weight is 291 g/mol. The topological polar surface area (TPSA) is 92.8 Å². The summed E-state index contributed by atoms with van der Waals surface area (Å²) >= 11 is 0. The van der Waals surface area contributed by atoms with Gasteiger partial charge in [-0.3, -0.25) is 4.79 Å². The first-order chi connectivity index (χ1) is 10.0. The highest BCUT2D eigenvalue weighted by atomic mass is 16.5. The molecule has 21 heavy (non-hydrogen) atoms. The molecule has 0 radical (unpaired) electrons. The van der Waals surface area contributed by atoms with Crippen molar-refractivity contribution in [2.75, 3.05) is 6.61 Å². The van der Waals surface area contributed by atoms with Crippen molar-refractivity contribution in [2.24, 2.45) is 5.10 Å². The number of amides is 1. The molecule has 0 aliphatic carbocycles. The SMILES string of the molecule is CCOC(=O)c1c[nH]c(/C=C2/C(=O)NN=C2OC(C)C)c1. The van der Waals surface area contributed by atoms with Gasteiger partial charge < -0.3 is 14.5 Å². The molecule has 2 heterocycles. The van der Waals surface area contributed by atoms with Crippen LogP contribution in [0.25, 0.3) is 6.08 Å². The molecule has 0 spiro atoms. The van der Waals surface area contributed by atoms with Gasteiger partial charge in [0.25, 0.3) is 5.91 Å². The average Bonchev–Trinajstić information content (AvgIpc) is 3.01. The molecule has 0 fully saturated rings. The number of rotatable bonds is 4. The fourth-order valence-electron chi connectivity index (χ4n) is 1.74. The largest absolute Gasteiger partial charge is 0.473 e. The molecule has 2 rings (SSSR count). The molecule has 0 atom stereocenters. The number of carbonyl (C=O) groups is 2. The Morgan fingerprint density at radius 3 is 2.90 bits per heavy atom. The maximum absolute atomic E-state index is 11.7. The first-order valence-electron chi connectivity index (χ1n) is 6.63. The zero-order valence-electron chi connectivity index (χ0n) is 12.1. The minimum Gasteiger partial charge on any atom is -0.473 e. The van der Waals surface area contributed by atoms with E-state index in [0.717, 1.165) is 0 Å². The van der Waals surface area contributed by atoms with E-state index in [1.807, 2.05) is 13.8 Å². The molecule has 2 N–H and O–H groups in total. The van der Waals surface area contributed by atoms with Gasteiger partial charge in [-0.2, -0.15) is 0 Å². The molecule has 7 nitrogen and oxygen atoms in total. The zero-order chi connectivity index (χ0) is 15.4. The summed E-state index contributed by atoms with van der Waals surface area (Å²) in [6.07, 6.45) is 3.00. The van der Waals surface area contributed by atoms with E-state index in [-0.39, 0.29) is 17.9 Å². The summed E-state index contributed by atoms with van der Waals surface area (Å²) in [5, 5.41) is 3.83. The van der Waals surface area contributed by atoms with Crippen LogP contribution >= 0.6 is 0 Å². The van der Waals surface area contributed by atoms with Crippen LogP contribution < -0.4 is 5.43 Å². The first-order valence-corrected chi connectivity index (χ1v) is 6.63. The smallest absolute Gasteiger partial charge is 0.339 e. The molecular formula is C14H17N3O4. The van der Waals surface area contributed by atoms with Crippen LogP contribution in [0.3, 0.4) is 0 Å². The summed E-state index contributed by atoms with van der Waals surface area (Å²) in [7, 11) is 0. The minimum absolute atomic E-state index is 0.0985. The predicted molar refractivity (Wildman–Crippen MR) is 76.5 cm³/mol. The van der Waals surface area contributed by atoms with Gasteiger partial charge in [0, 0.05) is 11.9 Å². The lowest BCUT2D eigenvalue weighted by atomic mass is 10.2. The van der Waals surface area contributed by atoms with Crippen LogP contribution in [0.2, 0.25) is 0 Å². The second-order valence-electron chi connectivity index (χ2n) is 4.65. The van der Waals surface area contributed by atoms with Crippen molar-refractivity contribution in [3.05, 3.63) is 29.1 Å². The Bertz CT molecular complexity index is 613. The Balaban J connectivity index is 2.20. The highest BCUT2D eigenvalue weighted by molar-refractivity contribution is 6.24. The molecule has 1 aromatic rings. The molecule has 1 aliphatic heterocycles. The van der Waals surface area contributed by atoms with Crippen LogP contribution in [-0.4, -0.2) is 35.5 Å². The monoisotopic (exact) mass is 291 g/mol. The number of aromatic amines is 1. The fourth-order valence-corrected chi connectivity index (χ4v) is 1.74. The molecular weight excluding hydrogens is 274 g/mol. The number of esters is 1. The number of aromatic nitrogens is 1. The number of carbonyl (C=O) groups excluding carboxylic acids is 2. The Morgan fingerprint density at radius 2 is 2.24 bits per heavy atom. The maximum Gasteiger partial charge on any atom is 0.339 e. The van der Waals surface area contributed by atoms with Gasteiger partial charge in [-0.15, -0.1) is 5.10 Å². The number of ether oxygens (including phenoxy) is 2. The van der Waals surface area contributed by atoms with Crippen molar-refractivity contribution in [1.29, 1.82) is 0 Å². The van der Waals surface area contributed by atoms with Crippen LogP contribution in [0.5, 0.6) is 0 Å². The molecule has 1 aliphatic rings. The minimum atomic E-state index is -0.415. The number of nitrogens with one attached hydrogen (secondary N) is 2. The molecule has 0 bridgehead atoms. The molecule has 0 aromatic carbocycles. The lowest BCUT2D eigenvalue weighted by molar-refractivity contribution is -0.116. The van der Waals surface area contributed by atoms with Crippen molar-refractivity contribution < 1.29 is 19.1 Å². The lowest BCUT2D eigenvalue weighted by Crippen LogP contribution is -2.16. The van der Waals surface area contributed by atoms with Crippen molar-refractivity contribution in [3.8, 4) is 0 Å². The van der Waals surface area contributed by atoms with Crippen LogP contribution in [0.1, 0.15) is 36.8 Å². The molecule has 0 saturated carbocycles. The van der Waals surface area contributed by atoms with Gasteiger partial charge in [0.05, 0.1) is 18.3 Å². The Labute approximate surface area is 122 Å². The highest BCUT2D eigenvalue weighted by Crippen LogP contribution is 2.15. The lowest BCUT2D eigenvalue weighted by Gasteiger charge is -2.08. The third kappa shape index (κ3) is 3.50. The number of hydrogen-bond acceptors (Lipinski definition) is 5. The fraction of sp³-hybridized carbons (Fsp3) is 0.357. The number of hydrazone groups is 1. The maximum atomic E-state index is 11.7. The Hall–Kier alpha value is -2.57. The molecule has 1 amide bonds. The van der Waals surface area contributed by atoms with E-state index < -0.39 is 5.97 Å². The van der Waals surface area contributed by atoms with Crippen LogP contribution in [0.15, 0.2) is 22.9 Å². The third-order valence-corrected chi connectivity index (χ3v) is 2.60. The predicted octanol–water partition coefficient (Wildman–Crippen LogP) is 1.44. The summed E-state index contributed by atoms with van der Waals surface area (Å²) in [4.78, 5) is 26.2. The summed E-state index contributed by atoms with van der Waals surface area (Å²) in [5.74, 6) is -0.526. The van der Waals surface area contributed by atoms with Crippen LogP contribution in [0.4, 0.5) is 0 Å². The molecule has 112 valence electrons. The van der Waals surface area contributed by atoms with E-state index in [2.05, 4.69) is 15.5 Å². The third-order valence-electron chi connectivity index (χ3n) is 2.60. The van der Waals surface area contributed by atoms with Crippen molar-refractivity contribution >= 4 is 23.9 Å². The summed E-state index contributed by atoms with van der Waals surface area (Å²) in [5.41, 5.74) is 3.63. The van der Waals surface area contributed by atoms with Gasteiger partial charge in [0.15, 0.2) is 0 Å². The van der Waals surface area contributed by atoms with E-state index in [0.29, 0.717) is 23.4 Å². The van der Waals surface area contributed by atoms with Crippen molar-refractivity contribution in [2.45, 2.75) is 26.9 Å².